The molecule has 0 aliphatic rings. The molecule has 0 spiro atoms. The van der Waals surface area contributed by atoms with E-state index in [1.165, 1.54) is 25.0 Å². The number of aryl methyl sites for hydroxylation is 2. The van der Waals surface area contributed by atoms with Crippen LogP contribution in [-0.4, -0.2) is 22.9 Å². The van der Waals surface area contributed by atoms with Crippen LogP contribution in [-0.2, 0) is 19.4 Å². The van der Waals surface area contributed by atoms with Crippen LogP contribution in [0.15, 0.2) is 0 Å². The predicted octanol–water partition coefficient (Wildman–Crippen LogP) is 4.08. The average molecular weight is 300 g/mol. The number of halogens is 1. The van der Waals surface area contributed by atoms with Crippen LogP contribution in [0.5, 0.6) is 0 Å². The SMILES string of the molecule is CCCNCC(CCC)Cc1c(Cl)c(CC)nn1CC. The van der Waals surface area contributed by atoms with Crippen molar-refractivity contribution in [2.24, 2.45) is 5.92 Å². The molecule has 20 heavy (non-hydrogen) atoms. The summed E-state index contributed by atoms with van der Waals surface area (Å²) in [5, 5.41) is 9.06. The minimum atomic E-state index is 0.649. The van der Waals surface area contributed by atoms with E-state index in [1.54, 1.807) is 0 Å². The van der Waals surface area contributed by atoms with E-state index >= 15 is 0 Å². The van der Waals surface area contributed by atoms with E-state index in [0.29, 0.717) is 5.92 Å². The van der Waals surface area contributed by atoms with Gasteiger partial charge in [0, 0.05) is 6.54 Å². The van der Waals surface area contributed by atoms with Gasteiger partial charge in [0.05, 0.1) is 16.4 Å². The van der Waals surface area contributed by atoms with Gasteiger partial charge in [0.25, 0.3) is 0 Å². The summed E-state index contributed by atoms with van der Waals surface area (Å²) in [6, 6.07) is 0. The minimum absolute atomic E-state index is 0.649. The van der Waals surface area contributed by atoms with Crippen LogP contribution in [0.1, 0.15) is 58.3 Å². The maximum Gasteiger partial charge on any atom is 0.0849 e. The summed E-state index contributed by atoms with van der Waals surface area (Å²) in [6.07, 6.45) is 5.59. The molecule has 0 amide bonds. The summed E-state index contributed by atoms with van der Waals surface area (Å²) >= 11 is 6.51. The van der Waals surface area contributed by atoms with E-state index in [9.17, 15) is 0 Å². The van der Waals surface area contributed by atoms with Crippen LogP contribution in [0, 0.1) is 5.92 Å². The second-order valence-electron chi connectivity index (χ2n) is 5.44. The summed E-state index contributed by atoms with van der Waals surface area (Å²) < 4.78 is 2.09. The van der Waals surface area contributed by atoms with Gasteiger partial charge in [0.1, 0.15) is 0 Å². The Bertz CT molecular complexity index is 387. The van der Waals surface area contributed by atoms with Crippen molar-refractivity contribution >= 4 is 11.6 Å². The van der Waals surface area contributed by atoms with E-state index < -0.39 is 0 Å². The lowest BCUT2D eigenvalue weighted by molar-refractivity contribution is 0.425. The molecule has 0 aliphatic heterocycles. The summed E-state index contributed by atoms with van der Waals surface area (Å²) in [4.78, 5) is 0. The summed E-state index contributed by atoms with van der Waals surface area (Å²) in [6.45, 7) is 11.8. The van der Waals surface area contributed by atoms with E-state index in [-0.39, 0.29) is 0 Å². The first kappa shape index (κ1) is 17.5. The smallest absolute Gasteiger partial charge is 0.0849 e. The van der Waals surface area contributed by atoms with Crippen molar-refractivity contribution in [2.45, 2.75) is 66.3 Å². The first-order valence-electron chi connectivity index (χ1n) is 8.12. The Morgan fingerprint density at radius 1 is 1.20 bits per heavy atom. The molecule has 4 heteroatoms. The van der Waals surface area contributed by atoms with Crippen LogP contribution in [0.3, 0.4) is 0 Å². The molecule has 1 rings (SSSR count). The lowest BCUT2D eigenvalue weighted by atomic mass is 9.97. The third-order valence-electron chi connectivity index (χ3n) is 3.73. The number of nitrogens with zero attached hydrogens (tertiary/aromatic N) is 2. The van der Waals surface area contributed by atoms with Crippen LogP contribution in [0.4, 0.5) is 0 Å². The third-order valence-corrected chi connectivity index (χ3v) is 4.17. The number of nitrogens with one attached hydrogen (secondary N) is 1. The normalized spacial score (nSPS) is 12.8. The number of hydrogen-bond donors (Lipinski definition) is 1. The van der Waals surface area contributed by atoms with Crippen molar-refractivity contribution in [1.29, 1.82) is 0 Å². The summed E-state index contributed by atoms with van der Waals surface area (Å²) in [5.74, 6) is 0.649. The van der Waals surface area contributed by atoms with Crippen LogP contribution in [0.25, 0.3) is 0 Å². The molecular weight excluding hydrogens is 270 g/mol. The van der Waals surface area contributed by atoms with Crippen LogP contribution >= 0.6 is 11.6 Å². The van der Waals surface area contributed by atoms with Gasteiger partial charge in [-0.15, -0.1) is 0 Å². The topological polar surface area (TPSA) is 29.9 Å². The van der Waals surface area contributed by atoms with Crippen molar-refractivity contribution in [1.82, 2.24) is 15.1 Å². The quantitative estimate of drug-likeness (QED) is 0.660. The largest absolute Gasteiger partial charge is 0.316 e. The first-order chi connectivity index (χ1) is 9.67. The molecule has 1 aromatic heterocycles. The van der Waals surface area contributed by atoms with Crippen LogP contribution in [0.2, 0.25) is 5.02 Å². The average Bonchev–Trinajstić information content (AvgIpc) is 2.75. The molecule has 0 bridgehead atoms. The molecule has 0 saturated carbocycles. The molecule has 0 fully saturated rings. The standard InChI is InChI=1S/C16H30ClN3/c1-5-9-13(12-18-10-6-2)11-15-16(17)14(7-3)19-20(15)8-4/h13,18H,5-12H2,1-4H3. The van der Waals surface area contributed by atoms with Crippen molar-refractivity contribution in [3.63, 3.8) is 0 Å². The fourth-order valence-corrected chi connectivity index (χ4v) is 3.00. The molecule has 0 saturated heterocycles. The Kier molecular flexibility index (Phi) is 8.24. The molecule has 1 heterocycles. The molecule has 3 nitrogen and oxygen atoms in total. The molecule has 116 valence electrons. The van der Waals surface area contributed by atoms with Crippen molar-refractivity contribution in [2.75, 3.05) is 13.1 Å². The highest BCUT2D eigenvalue weighted by Gasteiger charge is 2.18. The zero-order valence-corrected chi connectivity index (χ0v) is 14.3. The van der Waals surface area contributed by atoms with E-state index in [2.05, 4.69) is 42.8 Å². The third kappa shape index (κ3) is 4.78. The predicted molar refractivity (Wildman–Crippen MR) is 87.6 cm³/mol. The molecular formula is C16H30ClN3. The number of hydrogen-bond acceptors (Lipinski definition) is 2. The van der Waals surface area contributed by atoms with Gasteiger partial charge < -0.3 is 5.32 Å². The van der Waals surface area contributed by atoms with Gasteiger partial charge in [0.15, 0.2) is 0 Å². The highest BCUT2D eigenvalue weighted by atomic mass is 35.5. The molecule has 1 N–H and O–H groups in total. The second kappa shape index (κ2) is 9.41. The van der Waals surface area contributed by atoms with Gasteiger partial charge in [-0.25, -0.2) is 0 Å². The molecule has 0 aliphatic carbocycles. The lowest BCUT2D eigenvalue weighted by Crippen LogP contribution is -2.25. The monoisotopic (exact) mass is 299 g/mol. The fourth-order valence-electron chi connectivity index (χ4n) is 2.65. The zero-order valence-electron chi connectivity index (χ0n) is 13.5. The molecule has 1 atom stereocenters. The highest BCUT2D eigenvalue weighted by Crippen LogP contribution is 2.25. The Hall–Kier alpha value is -0.540. The Balaban J connectivity index is 2.78. The summed E-state index contributed by atoms with van der Waals surface area (Å²) in [7, 11) is 0. The Morgan fingerprint density at radius 3 is 2.50 bits per heavy atom. The number of aromatic nitrogens is 2. The Morgan fingerprint density at radius 2 is 1.95 bits per heavy atom. The molecule has 1 unspecified atom stereocenters. The van der Waals surface area contributed by atoms with Gasteiger partial charge in [-0.1, -0.05) is 38.8 Å². The van der Waals surface area contributed by atoms with Crippen molar-refractivity contribution in [3.05, 3.63) is 16.4 Å². The maximum absolute atomic E-state index is 6.51. The Labute approximate surface area is 129 Å². The maximum atomic E-state index is 6.51. The van der Waals surface area contributed by atoms with Gasteiger partial charge in [-0.05, 0) is 51.6 Å². The lowest BCUT2D eigenvalue weighted by Gasteiger charge is -2.17. The number of rotatable bonds is 10. The molecule has 1 aromatic rings. The van der Waals surface area contributed by atoms with Gasteiger partial charge in [0.2, 0.25) is 0 Å². The van der Waals surface area contributed by atoms with Gasteiger partial charge in [-0.3, -0.25) is 4.68 Å². The van der Waals surface area contributed by atoms with Gasteiger partial charge >= 0.3 is 0 Å². The van der Waals surface area contributed by atoms with E-state index in [1.807, 2.05) is 0 Å². The van der Waals surface area contributed by atoms with Gasteiger partial charge in [-0.2, -0.15) is 5.10 Å². The van der Waals surface area contributed by atoms with Crippen molar-refractivity contribution < 1.29 is 0 Å². The summed E-state index contributed by atoms with van der Waals surface area (Å²) in [5.41, 5.74) is 2.27. The zero-order chi connectivity index (χ0) is 15.0. The van der Waals surface area contributed by atoms with E-state index in [0.717, 1.165) is 43.2 Å². The minimum Gasteiger partial charge on any atom is -0.316 e. The second-order valence-corrected chi connectivity index (χ2v) is 5.82. The van der Waals surface area contributed by atoms with Crippen molar-refractivity contribution in [3.8, 4) is 0 Å². The molecule has 0 aromatic carbocycles. The fraction of sp³-hybridized carbons (Fsp3) is 0.812. The first-order valence-corrected chi connectivity index (χ1v) is 8.50. The van der Waals surface area contributed by atoms with E-state index in [4.69, 9.17) is 11.6 Å². The molecule has 0 radical (unpaired) electrons. The highest BCUT2D eigenvalue weighted by molar-refractivity contribution is 6.31. The van der Waals surface area contributed by atoms with Crippen LogP contribution < -0.4 is 5.32 Å².